The highest BCUT2D eigenvalue weighted by Gasteiger charge is 2.19. The number of hydrogen-bond acceptors (Lipinski definition) is 6. The predicted octanol–water partition coefficient (Wildman–Crippen LogP) is 20.2. The molecular weight excluding hydrogens is 853 g/mol. The number of carbonyl (C=O) groups is 3. The number of rotatable bonds is 55. The average Bonchev–Trinajstić information content (AvgIpc) is 3.35. The summed E-state index contributed by atoms with van der Waals surface area (Å²) in [6, 6.07) is 0. The number of ether oxygens (including phenoxy) is 3. The third-order valence-electron chi connectivity index (χ3n) is 13.3. The van der Waals surface area contributed by atoms with Gasteiger partial charge >= 0.3 is 17.9 Å². The fraction of sp³-hybridized carbons (Fsp3) is 0.825. The van der Waals surface area contributed by atoms with E-state index in [9.17, 15) is 14.4 Å². The van der Waals surface area contributed by atoms with E-state index in [2.05, 4.69) is 69.4 Å². The number of carbonyl (C=O) groups excluding carboxylic acids is 3. The van der Waals surface area contributed by atoms with Crippen molar-refractivity contribution in [1.29, 1.82) is 0 Å². The second-order valence-electron chi connectivity index (χ2n) is 20.2. The van der Waals surface area contributed by atoms with Crippen molar-refractivity contribution in [2.45, 2.75) is 322 Å². The molecule has 0 aliphatic carbocycles. The Hall–Kier alpha value is -2.63. The average molecular weight is 968 g/mol. The summed E-state index contributed by atoms with van der Waals surface area (Å²) in [4.78, 5) is 38.1. The first-order chi connectivity index (χ1) is 34.0. The van der Waals surface area contributed by atoms with Crippen LogP contribution in [0.1, 0.15) is 316 Å². The predicted molar refractivity (Wildman–Crippen MR) is 298 cm³/mol. The van der Waals surface area contributed by atoms with Gasteiger partial charge in [0.1, 0.15) is 13.2 Å². The SMILES string of the molecule is CC/C=C\C/C=C\C/C=C\C/C=C\CCCCCCCCCCCCCCCCC(=O)OCC(COC(=O)CCCCCCCCCCCCCC)OC(=O)CCCCCCCCCCCCCC. The van der Waals surface area contributed by atoms with Gasteiger partial charge in [-0.1, -0.05) is 288 Å². The van der Waals surface area contributed by atoms with Crippen LogP contribution < -0.4 is 0 Å². The second kappa shape index (κ2) is 57.9. The first-order valence-electron chi connectivity index (χ1n) is 30.1. The Morgan fingerprint density at radius 2 is 0.565 bits per heavy atom. The van der Waals surface area contributed by atoms with Gasteiger partial charge in [-0.3, -0.25) is 14.4 Å². The lowest BCUT2D eigenvalue weighted by Gasteiger charge is -2.18. The molecule has 0 fully saturated rings. The van der Waals surface area contributed by atoms with Crippen LogP contribution in [0.4, 0.5) is 0 Å². The third-order valence-corrected chi connectivity index (χ3v) is 13.3. The van der Waals surface area contributed by atoms with E-state index >= 15 is 0 Å². The van der Waals surface area contributed by atoms with Crippen molar-refractivity contribution in [2.24, 2.45) is 0 Å². The summed E-state index contributed by atoms with van der Waals surface area (Å²) in [5.41, 5.74) is 0. The van der Waals surface area contributed by atoms with Gasteiger partial charge in [-0.15, -0.1) is 0 Å². The van der Waals surface area contributed by atoms with Crippen molar-refractivity contribution in [3.05, 3.63) is 48.6 Å². The second-order valence-corrected chi connectivity index (χ2v) is 20.2. The first-order valence-corrected chi connectivity index (χ1v) is 30.1. The minimum atomic E-state index is -0.767. The Morgan fingerprint density at radius 3 is 0.884 bits per heavy atom. The van der Waals surface area contributed by atoms with Crippen LogP contribution in [0.2, 0.25) is 0 Å². The number of hydrogen-bond donors (Lipinski definition) is 0. The smallest absolute Gasteiger partial charge is 0.306 e. The molecule has 0 aliphatic heterocycles. The van der Waals surface area contributed by atoms with E-state index in [1.54, 1.807) is 0 Å². The normalized spacial score (nSPS) is 12.3. The molecule has 69 heavy (non-hydrogen) atoms. The van der Waals surface area contributed by atoms with Crippen LogP contribution in [0, 0.1) is 0 Å². The molecule has 0 spiro atoms. The number of unbranched alkanes of at least 4 members (excludes halogenated alkanes) is 36. The summed E-state index contributed by atoms with van der Waals surface area (Å²) in [5.74, 6) is -0.851. The van der Waals surface area contributed by atoms with Crippen LogP contribution >= 0.6 is 0 Å². The van der Waals surface area contributed by atoms with E-state index < -0.39 is 6.10 Å². The Morgan fingerprint density at radius 1 is 0.304 bits per heavy atom. The lowest BCUT2D eigenvalue weighted by molar-refractivity contribution is -0.167. The zero-order valence-corrected chi connectivity index (χ0v) is 46.1. The van der Waals surface area contributed by atoms with Gasteiger partial charge in [-0.2, -0.15) is 0 Å². The minimum absolute atomic E-state index is 0.0671. The molecule has 0 amide bonds. The summed E-state index contributed by atoms with van der Waals surface area (Å²) in [6.07, 6.45) is 71.2. The zero-order chi connectivity index (χ0) is 50.0. The van der Waals surface area contributed by atoms with Crippen LogP contribution in [0.15, 0.2) is 48.6 Å². The molecule has 6 heteroatoms. The minimum Gasteiger partial charge on any atom is -0.462 e. The van der Waals surface area contributed by atoms with E-state index in [4.69, 9.17) is 14.2 Å². The lowest BCUT2D eigenvalue weighted by Crippen LogP contribution is -2.30. The van der Waals surface area contributed by atoms with E-state index in [0.29, 0.717) is 19.3 Å². The Labute approximate surface area is 428 Å². The molecular formula is C63H114O6. The highest BCUT2D eigenvalue weighted by Crippen LogP contribution is 2.17. The van der Waals surface area contributed by atoms with Crippen LogP contribution in [0.3, 0.4) is 0 Å². The Bertz CT molecular complexity index is 1200. The zero-order valence-electron chi connectivity index (χ0n) is 46.1. The molecule has 0 bridgehead atoms. The molecule has 402 valence electrons. The van der Waals surface area contributed by atoms with Crippen LogP contribution in [-0.4, -0.2) is 37.2 Å². The Balaban J connectivity index is 4.16. The largest absolute Gasteiger partial charge is 0.462 e. The quantitative estimate of drug-likeness (QED) is 0.0262. The molecule has 1 atom stereocenters. The molecule has 0 saturated heterocycles. The van der Waals surface area contributed by atoms with Crippen molar-refractivity contribution in [3.63, 3.8) is 0 Å². The number of esters is 3. The maximum absolute atomic E-state index is 12.8. The molecule has 0 aromatic rings. The molecule has 0 aromatic heterocycles. The lowest BCUT2D eigenvalue weighted by atomic mass is 10.0. The molecule has 0 aliphatic rings. The monoisotopic (exact) mass is 967 g/mol. The van der Waals surface area contributed by atoms with Gasteiger partial charge in [-0.05, 0) is 57.8 Å². The maximum atomic E-state index is 12.8. The van der Waals surface area contributed by atoms with E-state index in [1.165, 1.54) is 193 Å². The van der Waals surface area contributed by atoms with Gasteiger partial charge in [-0.25, -0.2) is 0 Å². The molecule has 0 N–H and O–H groups in total. The third kappa shape index (κ3) is 56.2. The van der Waals surface area contributed by atoms with Crippen LogP contribution in [0.25, 0.3) is 0 Å². The number of allylic oxidation sites excluding steroid dienone is 8. The van der Waals surface area contributed by atoms with Gasteiger partial charge in [0.15, 0.2) is 6.10 Å². The highest BCUT2D eigenvalue weighted by molar-refractivity contribution is 5.71. The van der Waals surface area contributed by atoms with Gasteiger partial charge in [0.2, 0.25) is 0 Å². The van der Waals surface area contributed by atoms with Crippen molar-refractivity contribution in [3.8, 4) is 0 Å². The molecule has 1 unspecified atom stereocenters. The molecule has 0 saturated carbocycles. The van der Waals surface area contributed by atoms with Crippen molar-refractivity contribution < 1.29 is 28.6 Å². The summed E-state index contributed by atoms with van der Waals surface area (Å²) in [7, 11) is 0. The van der Waals surface area contributed by atoms with E-state index in [-0.39, 0.29) is 31.1 Å². The van der Waals surface area contributed by atoms with Gasteiger partial charge in [0.05, 0.1) is 0 Å². The van der Waals surface area contributed by atoms with Gasteiger partial charge < -0.3 is 14.2 Å². The molecule has 0 rings (SSSR count). The van der Waals surface area contributed by atoms with E-state index in [1.807, 2.05) is 0 Å². The van der Waals surface area contributed by atoms with Crippen molar-refractivity contribution >= 4 is 17.9 Å². The standard InChI is InChI=1S/C63H114O6/c1-4-7-10-13-16-19-22-25-26-27-28-29-30-31-32-33-34-35-36-37-38-39-42-44-47-50-53-56-62(65)68-59-60(69-63(66)57-54-51-48-45-41-24-21-18-15-12-9-6-3)58-67-61(64)55-52-49-46-43-40-23-20-17-14-11-8-5-2/h7,10,16,19,25-26,28-29,60H,4-6,8-9,11-15,17-18,20-24,27,30-59H2,1-3H3/b10-7-,19-16-,26-25-,29-28-. The fourth-order valence-electron chi connectivity index (χ4n) is 8.85. The summed E-state index contributed by atoms with van der Waals surface area (Å²) < 4.78 is 16.9. The van der Waals surface area contributed by atoms with Gasteiger partial charge in [0, 0.05) is 19.3 Å². The van der Waals surface area contributed by atoms with Crippen molar-refractivity contribution in [2.75, 3.05) is 13.2 Å². The van der Waals surface area contributed by atoms with Crippen molar-refractivity contribution in [1.82, 2.24) is 0 Å². The molecule has 0 aromatic carbocycles. The topological polar surface area (TPSA) is 78.9 Å². The maximum Gasteiger partial charge on any atom is 0.306 e. The fourth-order valence-corrected chi connectivity index (χ4v) is 8.85. The van der Waals surface area contributed by atoms with Gasteiger partial charge in [0.25, 0.3) is 0 Å². The van der Waals surface area contributed by atoms with E-state index in [0.717, 1.165) is 83.5 Å². The first kappa shape index (κ1) is 66.4. The molecule has 0 radical (unpaired) electrons. The highest BCUT2D eigenvalue weighted by atomic mass is 16.6. The Kier molecular flexibility index (Phi) is 55.7. The summed E-state index contributed by atoms with van der Waals surface area (Å²) in [5, 5.41) is 0. The molecule has 0 heterocycles. The summed E-state index contributed by atoms with van der Waals surface area (Å²) in [6.45, 7) is 6.56. The van der Waals surface area contributed by atoms with Crippen LogP contribution in [-0.2, 0) is 28.6 Å². The van der Waals surface area contributed by atoms with Crippen LogP contribution in [0.5, 0.6) is 0 Å². The molecule has 6 nitrogen and oxygen atoms in total. The summed E-state index contributed by atoms with van der Waals surface area (Å²) >= 11 is 0.